The molecule has 0 atom stereocenters. The van der Waals surface area contributed by atoms with Crippen molar-refractivity contribution < 1.29 is 22.4 Å². The van der Waals surface area contributed by atoms with Crippen LogP contribution in [-0.4, -0.2) is 25.7 Å². The normalized spacial score (nSPS) is 13.5. The van der Waals surface area contributed by atoms with Gasteiger partial charge in [-0.15, -0.1) is 0 Å². The van der Waals surface area contributed by atoms with Gasteiger partial charge in [-0.1, -0.05) is 6.07 Å². The number of alkyl halides is 3. The van der Waals surface area contributed by atoms with Gasteiger partial charge >= 0.3 is 6.18 Å². The number of hydrogen-bond donors (Lipinski definition) is 2. The summed E-state index contributed by atoms with van der Waals surface area (Å²) in [5.74, 6) is -0.192. The molecule has 0 fully saturated rings. The Kier molecular flexibility index (Phi) is 5.31. The first-order chi connectivity index (χ1) is 16.3. The molecule has 11 heteroatoms. The van der Waals surface area contributed by atoms with Crippen LogP contribution in [0, 0.1) is 0 Å². The van der Waals surface area contributed by atoms with Crippen LogP contribution in [-0.2, 0) is 19.0 Å². The average Bonchev–Trinajstić information content (AvgIpc) is 3.49. The Balaban J connectivity index is 1.56. The minimum atomic E-state index is -4.59. The standard InChI is InChI=1S/C23H18F3N5O3/c24-23(25,26)14-6-3-5-13(11-14)20(32)28-19-12-17(18-9-4-10-34-18)30-31(19)22-27-16-8-2-1-7-15(16)21(33)29-22/h3-6,9-12H,1-2,7-8H2,(H,28,32)(H,27,29,33). The molecule has 0 bridgehead atoms. The van der Waals surface area contributed by atoms with Crippen LogP contribution in [0.15, 0.2) is 57.9 Å². The van der Waals surface area contributed by atoms with Crippen molar-refractivity contribution in [2.75, 3.05) is 5.32 Å². The number of H-pyrrole nitrogens is 1. The van der Waals surface area contributed by atoms with Crippen molar-refractivity contribution in [3.8, 4) is 17.4 Å². The largest absolute Gasteiger partial charge is 0.463 e. The summed E-state index contributed by atoms with van der Waals surface area (Å²) in [4.78, 5) is 32.7. The number of rotatable bonds is 4. The number of aromatic nitrogens is 4. The number of fused-ring (bicyclic) bond motifs is 1. The van der Waals surface area contributed by atoms with Gasteiger partial charge in [-0.2, -0.15) is 23.0 Å². The molecule has 0 unspecified atom stereocenters. The van der Waals surface area contributed by atoms with Crippen LogP contribution in [0.5, 0.6) is 0 Å². The van der Waals surface area contributed by atoms with Gasteiger partial charge in [-0.05, 0) is 56.0 Å². The van der Waals surface area contributed by atoms with E-state index >= 15 is 0 Å². The van der Waals surface area contributed by atoms with E-state index in [0.717, 1.165) is 31.0 Å². The molecule has 34 heavy (non-hydrogen) atoms. The molecule has 1 aliphatic rings. The Hall–Kier alpha value is -4.15. The average molecular weight is 469 g/mol. The number of aromatic amines is 1. The number of anilines is 1. The summed E-state index contributed by atoms with van der Waals surface area (Å²) in [6.45, 7) is 0. The molecule has 0 saturated carbocycles. The van der Waals surface area contributed by atoms with Crippen LogP contribution >= 0.6 is 0 Å². The summed E-state index contributed by atoms with van der Waals surface area (Å²) < 4.78 is 45.9. The zero-order valence-electron chi connectivity index (χ0n) is 17.6. The summed E-state index contributed by atoms with van der Waals surface area (Å²) in [7, 11) is 0. The molecular formula is C23H18F3N5O3. The van der Waals surface area contributed by atoms with Crippen molar-refractivity contribution in [2.24, 2.45) is 0 Å². The summed E-state index contributed by atoms with van der Waals surface area (Å²) in [5, 5.41) is 6.99. The first-order valence-electron chi connectivity index (χ1n) is 10.5. The maximum absolute atomic E-state index is 13.1. The number of nitrogens with zero attached hydrogens (tertiary/aromatic N) is 3. The van der Waals surface area contributed by atoms with Crippen LogP contribution in [0.3, 0.4) is 0 Å². The lowest BCUT2D eigenvalue weighted by molar-refractivity contribution is -0.137. The second kappa shape index (κ2) is 8.32. The first-order valence-corrected chi connectivity index (χ1v) is 10.5. The fourth-order valence-corrected chi connectivity index (χ4v) is 3.89. The van der Waals surface area contributed by atoms with Crippen molar-refractivity contribution in [3.05, 3.63) is 81.5 Å². The summed E-state index contributed by atoms with van der Waals surface area (Å²) in [6, 6.07) is 8.90. The molecule has 0 radical (unpaired) electrons. The van der Waals surface area contributed by atoms with Crippen molar-refractivity contribution >= 4 is 11.7 Å². The zero-order valence-corrected chi connectivity index (χ0v) is 17.6. The van der Waals surface area contributed by atoms with Crippen LogP contribution in [0.25, 0.3) is 17.4 Å². The van der Waals surface area contributed by atoms with Gasteiger partial charge in [0.2, 0.25) is 5.95 Å². The van der Waals surface area contributed by atoms with Gasteiger partial charge in [0.1, 0.15) is 11.5 Å². The Morgan fingerprint density at radius 3 is 2.71 bits per heavy atom. The minimum Gasteiger partial charge on any atom is -0.463 e. The molecule has 4 aromatic rings. The number of amides is 1. The maximum Gasteiger partial charge on any atom is 0.416 e. The molecule has 0 saturated heterocycles. The molecular weight excluding hydrogens is 451 g/mol. The van der Waals surface area contributed by atoms with Gasteiger partial charge in [0, 0.05) is 17.2 Å². The van der Waals surface area contributed by atoms with Gasteiger partial charge < -0.3 is 9.73 Å². The third-order valence-electron chi connectivity index (χ3n) is 5.56. The molecule has 8 nitrogen and oxygen atoms in total. The highest BCUT2D eigenvalue weighted by Crippen LogP contribution is 2.30. The Bertz CT molecular complexity index is 1420. The van der Waals surface area contributed by atoms with Crippen molar-refractivity contribution in [1.82, 2.24) is 19.7 Å². The van der Waals surface area contributed by atoms with Gasteiger partial charge in [-0.25, -0.2) is 4.98 Å². The second-order valence-electron chi connectivity index (χ2n) is 7.86. The van der Waals surface area contributed by atoms with E-state index < -0.39 is 17.6 Å². The number of benzene rings is 1. The molecule has 1 aliphatic carbocycles. The monoisotopic (exact) mass is 469 g/mol. The maximum atomic E-state index is 13.1. The van der Waals surface area contributed by atoms with Gasteiger partial charge in [0.15, 0.2) is 5.76 Å². The van der Waals surface area contributed by atoms with E-state index in [9.17, 15) is 22.8 Å². The van der Waals surface area contributed by atoms with Crippen molar-refractivity contribution in [3.63, 3.8) is 0 Å². The number of carbonyl (C=O) groups excluding carboxylic acids is 1. The van der Waals surface area contributed by atoms with E-state index in [1.807, 2.05) is 0 Å². The number of aryl methyl sites for hydroxylation is 1. The highest BCUT2D eigenvalue weighted by molar-refractivity contribution is 6.04. The van der Waals surface area contributed by atoms with Crippen LogP contribution in [0.1, 0.15) is 40.0 Å². The molecule has 0 aliphatic heterocycles. The number of halogens is 3. The number of hydrogen-bond acceptors (Lipinski definition) is 5. The molecule has 174 valence electrons. The lowest BCUT2D eigenvalue weighted by Gasteiger charge is -2.15. The van der Waals surface area contributed by atoms with E-state index in [2.05, 4.69) is 20.4 Å². The molecule has 3 heterocycles. The molecule has 2 N–H and O–H groups in total. The smallest absolute Gasteiger partial charge is 0.416 e. The molecule has 3 aromatic heterocycles. The quantitative estimate of drug-likeness (QED) is 0.462. The van der Waals surface area contributed by atoms with Crippen LogP contribution < -0.4 is 10.9 Å². The second-order valence-corrected chi connectivity index (χ2v) is 7.86. The fourth-order valence-electron chi connectivity index (χ4n) is 3.89. The van der Waals surface area contributed by atoms with E-state index in [-0.39, 0.29) is 22.9 Å². The first kappa shape index (κ1) is 21.7. The Morgan fingerprint density at radius 1 is 1.12 bits per heavy atom. The Labute approximate surface area is 190 Å². The predicted molar refractivity (Wildman–Crippen MR) is 116 cm³/mol. The molecule has 1 aromatic carbocycles. The highest BCUT2D eigenvalue weighted by atomic mass is 19.4. The zero-order chi connectivity index (χ0) is 23.9. The Morgan fingerprint density at radius 2 is 1.94 bits per heavy atom. The number of nitrogens with one attached hydrogen (secondary N) is 2. The highest BCUT2D eigenvalue weighted by Gasteiger charge is 2.31. The SMILES string of the molecule is O=C(Nc1cc(-c2ccco2)nn1-c1nc2c(c(=O)[nH]1)CCCC2)c1cccc(C(F)(F)F)c1. The number of carbonyl (C=O) groups is 1. The van der Waals surface area contributed by atoms with Crippen molar-refractivity contribution in [1.29, 1.82) is 0 Å². The summed E-state index contributed by atoms with van der Waals surface area (Å²) >= 11 is 0. The van der Waals surface area contributed by atoms with Crippen LogP contribution in [0.4, 0.5) is 19.0 Å². The minimum absolute atomic E-state index is 0.0859. The third kappa shape index (κ3) is 4.12. The van der Waals surface area contributed by atoms with Gasteiger partial charge in [-0.3, -0.25) is 14.6 Å². The fraction of sp³-hybridized carbons (Fsp3) is 0.217. The molecule has 0 spiro atoms. The van der Waals surface area contributed by atoms with Crippen molar-refractivity contribution in [2.45, 2.75) is 31.9 Å². The van der Waals surface area contributed by atoms with E-state index in [1.165, 1.54) is 23.1 Å². The topological polar surface area (TPSA) is 106 Å². The lowest BCUT2D eigenvalue weighted by atomic mass is 9.97. The third-order valence-corrected chi connectivity index (χ3v) is 5.56. The number of furan rings is 1. The van der Waals surface area contributed by atoms with Crippen LogP contribution in [0.2, 0.25) is 0 Å². The summed E-state index contributed by atoms with van der Waals surface area (Å²) in [5.41, 5.74) is 0.215. The van der Waals surface area contributed by atoms with E-state index in [1.54, 1.807) is 12.1 Å². The van der Waals surface area contributed by atoms with Gasteiger partial charge in [0.05, 0.1) is 17.5 Å². The summed E-state index contributed by atoms with van der Waals surface area (Å²) in [6.07, 6.45) is -0.0533. The molecule has 5 rings (SSSR count). The van der Waals surface area contributed by atoms with E-state index in [0.29, 0.717) is 35.6 Å². The lowest BCUT2D eigenvalue weighted by Crippen LogP contribution is -2.24. The molecule has 1 amide bonds. The van der Waals surface area contributed by atoms with Gasteiger partial charge in [0.25, 0.3) is 11.5 Å². The predicted octanol–water partition coefficient (Wildman–Crippen LogP) is 4.37. The van der Waals surface area contributed by atoms with E-state index in [4.69, 9.17) is 4.42 Å².